The van der Waals surface area contributed by atoms with E-state index < -0.39 is 4.92 Å². The van der Waals surface area contributed by atoms with Crippen molar-refractivity contribution in [3.63, 3.8) is 0 Å². The molecule has 0 atom stereocenters. The second kappa shape index (κ2) is 9.63. The van der Waals surface area contributed by atoms with Gasteiger partial charge in [0.25, 0.3) is 5.69 Å². The van der Waals surface area contributed by atoms with Crippen LogP contribution in [-0.4, -0.2) is 58.5 Å². The summed E-state index contributed by atoms with van der Waals surface area (Å²) in [4.78, 5) is 28.1. The van der Waals surface area contributed by atoms with Gasteiger partial charge < -0.3 is 15.1 Å². The average molecular weight is 395 g/mol. The third kappa shape index (κ3) is 5.74. The standard InChI is InChI=1S/C20H25N7O2/c1-16(2)14-23-20(24-15-17-4-6-18(7-5-17)27(28)29)26-12-10-25(11-13-26)19-21-8-3-9-22-19/h3-9H,1,10-15H2,2H3,(H,23,24). The van der Waals surface area contributed by atoms with Crippen LogP contribution in [0, 0.1) is 10.1 Å². The van der Waals surface area contributed by atoms with Crippen LogP contribution in [0.25, 0.3) is 0 Å². The number of nitro benzene ring substituents is 1. The smallest absolute Gasteiger partial charge is 0.269 e. The highest BCUT2D eigenvalue weighted by molar-refractivity contribution is 5.80. The lowest BCUT2D eigenvalue weighted by Crippen LogP contribution is -2.53. The van der Waals surface area contributed by atoms with E-state index in [0.717, 1.165) is 49.2 Å². The highest BCUT2D eigenvalue weighted by Gasteiger charge is 2.21. The van der Waals surface area contributed by atoms with Crippen LogP contribution in [0.1, 0.15) is 12.5 Å². The lowest BCUT2D eigenvalue weighted by atomic mass is 10.2. The molecule has 3 rings (SSSR count). The third-order valence-electron chi connectivity index (χ3n) is 4.52. The number of aliphatic imine (C=N–C) groups is 1. The van der Waals surface area contributed by atoms with E-state index in [9.17, 15) is 10.1 Å². The van der Waals surface area contributed by atoms with Crippen molar-refractivity contribution in [2.45, 2.75) is 13.5 Å². The Kier molecular flexibility index (Phi) is 6.72. The van der Waals surface area contributed by atoms with E-state index in [1.54, 1.807) is 24.5 Å². The maximum absolute atomic E-state index is 10.8. The minimum Gasteiger partial charge on any atom is -0.353 e. The topological polar surface area (TPSA) is 99.8 Å². The van der Waals surface area contributed by atoms with Gasteiger partial charge in [-0.1, -0.05) is 24.3 Å². The van der Waals surface area contributed by atoms with Gasteiger partial charge in [-0.05, 0) is 18.6 Å². The molecule has 0 amide bonds. The number of hydrogen-bond donors (Lipinski definition) is 1. The second-order valence-electron chi connectivity index (χ2n) is 6.90. The minimum atomic E-state index is -0.400. The Morgan fingerprint density at radius 2 is 1.86 bits per heavy atom. The molecule has 0 spiro atoms. The molecule has 1 aliphatic heterocycles. The molecule has 9 nitrogen and oxygen atoms in total. The summed E-state index contributed by atoms with van der Waals surface area (Å²) < 4.78 is 0. The number of benzene rings is 1. The van der Waals surface area contributed by atoms with Gasteiger partial charge in [-0.15, -0.1) is 0 Å². The maximum atomic E-state index is 10.8. The number of aromatic nitrogens is 2. The summed E-state index contributed by atoms with van der Waals surface area (Å²) in [5.74, 6) is 1.55. The van der Waals surface area contributed by atoms with E-state index in [4.69, 9.17) is 4.99 Å². The van der Waals surface area contributed by atoms with Gasteiger partial charge in [0.15, 0.2) is 5.96 Å². The van der Waals surface area contributed by atoms with E-state index in [0.29, 0.717) is 13.1 Å². The molecular weight excluding hydrogens is 370 g/mol. The molecule has 0 bridgehead atoms. The molecule has 9 heteroatoms. The van der Waals surface area contributed by atoms with Crippen LogP contribution in [0.15, 0.2) is 59.9 Å². The normalized spacial score (nSPS) is 14.6. The molecule has 0 radical (unpaired) electrons. The Morgan fingerprint density at radius 1 is 1.21 bits per heavy atom. The first kappa shape index (κ1) is 20.2. The minimum absolute atomic E-state index is 0.0811. The molecule has 1 N–H and O–H groups in total. The highest BCUT2D eigenvalue weighted by atomic mass is 16.6. The summed E-state index contributed by atoms with van der Waals surface area (Å²) >= 11 is 0. The van der Waals surface area contributed by atoms with E-state index in [1.807, 2.05) is 13.0 Å². The molecule has 1 saturated heterocycles. The van der Waals surface area contributed by atoms with Crippen LogP contribution in [0.4, 0.5) is 11.6 Å². The Balaban J connectivity index is 1.65. The number of anilines is 1. The van der Waals surface area contributed by atoms with Crippen molar-refractivity contribution >= 4 is 17.6 Å². The Hall–Kier alpha value is -3.49. The summed E-state index contributed by atoms with van der Waals surface area (Å²) in [5, 5.41) is 14.2. The Labute approximate surface area is 169 Å². The molecule has 0 unspecified atom stereocenters. The van der Waals surface area contributed by atoms with Crippen molar-refractivity contribution in [1.29, 1.82) is 0 Å². The first-order valence-corrected chi connectivity index (χ1v) is 9.46. The lowest BCUT2D eigenvalue weighted by molar-refractivity contribution is -0.384. The molecule has 29 heavy (non-hydrogen) atoms. The van der Waals surface area contributed by atoms with Crippen LogP contribution < -0.4 is 10.2 Å². The molecule has 1 aromatic carbocycles. The molecule has 152 valence electrons. The fourth-order valence-corrected chi connectivity index (χ4v) is 2.96. The molecular formula is C20H25N7O2. The van der Waals surface area contributed by atoms with Crippen molar-refractivity contribution in [1.82, 2.24) is 20.2 Å². The fourth-order valence-electron chi connectivity index (χ4n) is 2.96. The van der Waals surface area contributed by atoms with E-state index in [-0.39, 0.29) is 5.69 Å². The summed E-state index contributed by atoms with van der Waals surface area (Å²) in [7, 11) is 0. The van der Waals surface area contributed by atoms with Gasteiger partial charge in [0.05, 0.1) is 11.5 Å². The Morgan fingerprint density at radius 3 is 2.45 bits per heavy atom. The molecule has 1 aliphatic rings. The first-order chi connectivity index (χ1) is 14.0. The number of nitrogens with one attached hydrogen (secondary N) is 1. The van der Waals surface area contributed by atoms with Crippen molar-refractivity contribution in [2.24, 2.45) is 4.99 Å². The summed E-state index contributed by atoms with van der Waals surface area (Å²) in [6.07, 6.45) is 3.50. The SMILES string of the molecule is C=C(C)CNC(=NCc1ccc([N+](=O)[O-])cc1)N1CCN(c2ncccn2)CC1. The zero-order chi connectivity index (χ0) is 20.6. The number of rotatable bonds is 6. The maximum Gasteiger partial charge on any atom is 0.269 e. The van der Waals surface area contributed by atoms with E-state index >= 15 is 0 Å². The van der Waals surface area contributed by atoms with Gasteiger partial charge in [-0.25, -0.2) is 15.0 Å². The van der Waals surface area contributed by atoms with Crippen LogP contribution in [0.2, 0.25) is 0 Å². The predicted molar refractivity (Wildman–Crippen MR) is 113 cm³/mol. The molecule has 1 aromatic heterocycles. The third-order valence-corrected chi connectivity index (χ3v) is 4.52. The van der Waals surface area contributed by atoms with Gasteiger partial charge >= 0.3 is 0 Å². The Bertz CT molecular complexity index is 860. The lowest BCUT2D eigenvalue weighted by Gasteiger charge is -2.36. The molecule has 1 fully saturated rings. The molecule has 0 aliphatic carbocycles. The van der Waals surface area contributed by atoms with Crippen LogP contribution in [-0.2, 0) is 6.54 Å². The number of nitrogens with zero attached hydrogens (tertiary/aromatic N) is 6. The number of non-ortho nitro benzene ring substituents is 1. The number of guanidine groups is 1. The quantitative estimate of drug-likeness (QED) is 0.263. The van der Waals surface area contributed by atoms with Crippen molar-refractivity contribution in [3.05, 3.63) is 70.6 Å². The molecule has 2 aromatic rings. The molecule has 2 heterocycles. The number of hydrogen-bond acceptors (Lipinski definition) is 6. The second-order valence-corrected chi connectivity index (χ2v) is 6.90. The van der Waals surface area contributed by atoms with Crippen LogP contribution >= 0.6 is 0 Å². The van der Waals surface area contributed by atoms with Gasteiger partial charge in [0.1, 0.15) is 0 Å². The van der Waals surface area contributed by atoms with Crippen molar-refractivity contribution in [2.75, 3.05) is 37.6 Å². The number of piperazine rings is 1. The van der Waals surface area contributed by atoms with Gasteiger partial charge in [0, 0.05) is 57.3 Å². The van der Waals surface area contributed by atoms with Gasteiger partial charge in [-0.3, -0.25) is 10.1 Å². The summed E-state index contributed by atoms with van der Waals surface area (Å²) in [6.45, 7) is 10.2. The van der Waals surface area contributed by atoms with Crippen LogP contribution in [0.3, 0.4) is 0 Å². The summed E-state index contributed by atoms with van der Waals surface area (Å²) in [5.41, 5.74) is 2.02. The largest absolute Gasteiger partial charge is 0.353 e. The zero-order valence-corrected chi connectivity index (χ0v) is 16.5. The van der Waals surface area contributed by atoms with E-state index in [2.05, 4.69) is 31.7 Å². The highest BCUT2D eigenvalue weighted by Crippen LogP contribution is 2.13. The predicted octanol–water partition coefficient (Wildman–Crippen LogP) is 2.23. The fraction of sp³-hybridized carbons (Fsp3) is 0.350. The van der Waals surface area contributed by atoms with E-state index in [1.165, 1.54) is 12.1 Å². The average Bonchev–Trinajstić information content (AvgIpc) is 2.75. The van der Waals surface area contributed by atoms with Crippen molar-refractivity contribution < 1.29 is 4.92 Å². The summed E-state index contributed by atoms with van der Waals surface area (Å²) in [6, 6.07) is 8.30. The first-order valence-electron chi connectivity index (χ1n) is 9.46. The monoisotopic (exact) mass is 395 g/mol. The molecule has 0 saturated carbocycles. The van der Waals surface area contributed by atoms with Gasteiger partial charge in [0.2, 0.25) is 5.95 Å². The van der Waals surface area contributed by atoms with Gasteiger partial charge in [-0.2, -0.15) is 0 Å². The van der Waals surface area contributed by atoms with Crippen molar-refractivity contribution in [3.8, 4) is 0 Å². The van der Waals surface area contributed by atoms with Crippen LogP contribution in [0.5, 0.6) is 0 Å². The zero-order valence-electron chi connectivity index (χ0n) is 16.5. The number of nitro groups is 1.